The molecule has 2 rings (SSSR count). The smallest absolute Gasteiger partial charge is 0.108 e. The minimum atomic E-state index is 0.957. The van der Waals surface area contributed by atoms with Crippen LogP contribution in [-0.4, -0.2) is 14.8 Å². The van der Waals surface area contributed by atoms with Crippen molar-refractivity contribution in [3.8, 4) is 0 Å². The molecule has 0 radical (unpaired) electrons. The average molecular weight is 177 g/mol. The van der Waals surface area contributed by atoms with Crippen molar-refractivity contribution in [2.24, 2.45) is 7.05 Å². The van der Waals surface area contributed by atoms with Gasteiger partial charge < -0.3 is 0 Å². The van der Waals surface area contributed by atoms with Crippen molar-refractivity contribution in [2.75, 3.05) is 0 Å². The van der Waals surface area contributed by atoms with E-state index in [1.165, 1.54) is 5.56 Å². The van der Waals surface area contributed by atoms with E-state index >= 15 is 0 Å². The summed E-state index contributed by atoms with van der Waals surface area (Å²) < 4.78 is 1.83. The molecule has 13 heavy (non-hydrogen) atoms. The molecule has 0 aromatic carbocycles. The molecular weight excluding hydrogens is 162 g/mol. The lowest BCUT2D eigenvalue weighted by atomic mass is 10.3. The van der Waals surface area contributed by atoms with E-state index in [0.29, 0.717) is 0 Å². The summed E-state index contributed by atoms with van der Waals surface area (Å²) >= 11 is 0. The highest BCUT2D eigenvalue weighted by Crippen LogP contribution is 2.10. The fourth-order valence-corrected chi connectivity index (χ4v) is 1.13. The first-order valence-corrected chi connectivity index (χ1v) is 4.52. The van der Waals surface area contributed by atoms with E-state index in [2.05, 4.69) is 16.1 Å². The first-order valence-electron chi connectivity index (χ1n) is 4.52. The predicted octanol–water partition coefficient (Wildman–Crippen LogP) is 2.30. The highest BCUT2D eigenvalue weighted by atomic mass is 15.3. The lowest BCUT2D eigenvalue weighted by molar-refractivity contribution is 0.796. The largest absolute Gasteiger partial charge is 0.266 e. The molecule has 3 nitrogen and oxygen atoms in total. The summed E-state index contributed by atoms with van der Waals surface area (Å²) in [4.78, 5) is 4.22. The molecule has 2 aromatic rings. The maximum atomic E-state index is 4.22. The van der Waals surface area contributed by atoms with Gasteiger partial charge in [-0.2, -0.15) is 5.10 Å². The van der Waals surface area contributed by atoms with Crippen LogP contribution >= 0.6 is 0 Å². The number of aryl methyl sites for hydroxylation is 2. The molecule has 3 heteroatoms. The van der Waals surface area contributed by atoms with Gasteiger partial charge in [-0.05, 0) is 18.6 Å². The number of pyridine rings is 1. The molecule has 0 amide bonds. The van der Waals surface area contributed by atoms with Crippen LogP contribution in [0.1, 0.15) is 19.4 Å². The molecule has 0 aliphatic carbocycles. The lowest BCUT2D eigenvalue weighted by Crippen LogP contribution is -1.89. The summed E-state index contributed by atoms with van der Waals surface area (Å²) in [5.74, 6) is 0. The van der Waals surface area contributed by atoms with Crippen molar-refractivity contribution < 1.29 is 0 Å². The lowest BCUT2D eigenvalue weighted by Gasteiger charge is -1.93. The summed E-state index contributed by atoms with van der Waals surface area (Å²) in [5, 5.41) is 4.09. The Bertz CT molecular complexity index is 390. The van der Waals surface area contributed by atoms with Gasteiger partial charge in [0.25, 0.3) is 0 Å². The third-order valence-electron chi connectivity index (χ3n) is 1.74. The minimum Gasteiger partial charge on any atom is -0.266 e. The van der Waals surface area contributed by atoms with Crippen LogP contribution in [0.5, 0.6) is 0 Å². The van der Waals surface area contributed by atoms with E-state index in [0.717, 1.165) is 11.0 Å². The molecule has 0 bridgehead atoms. The Hall–Kier alpha value is -1.38. The molecule has 2 heterocycles. The number of nitrogens with zero attached hydrogens (tertiary/aromatic N) is 3. The van der Waals surface area contributed by atoms with E-state index in [1.807, 2.05) is 38.7 Å². The van der Waals surface area contributed by atoms with Crippen molar-refractivity contribution in [1.29, 1.82) is 0 Å². The van der Waals surface area contributed by atoms with Crippen LogP contribution in [0.4, 0.5) is 0 Å². The maximum absolute atomic E-state index is 4.22. The van der Waals surface area contributed by atoms with Gasteiger partial charge in [-0.3, -0.25) is 9.67 Å². The Morgan fingerprint density at radius 2 is 1.92 bits per heavy atom. The molecule has 0 saturated carbocycles. The van der Waals surface area contributed by atoms with Gasteiger partial charge in [0.05, 0.1) is 11.7 Å². The molecular formula is C10H15N3. The molecule has 0 unspecified atom stereocenters. The van der Waals surface area contributed by atoms with E-state index in [4.69, 9.17) is 0 Å². The second-order valence-corrected chi connectivity index (χ2v) is 2.69. The van der Waals surface area contributed by atoms with E-state index in [1.54, 1.807) is 6.20 Å². The van der Waals surface area contributed by atoms with Gasteiger partial charge >= 0.3 is 0 Å². The van der Waals surface area contributed by atoms with Crippen LogP contribution in [-0.2, 0) is 7.05 Å². The summed E-state index contributed by atoms with van der Waals surface area (Å²) in [6.45, 7) is 6.03. The Labute approximate surface area is 78.4 Å². The first-order chi connectivity index (χ1) is 6.27. The molecule has 0 fully saturated rings. The van der Waals surface area contributed by atoms with Crippen molar-refractivity contribution >= 4 is 11.0 Å². The molecule has 0 N–H and O–H groups in total. The predicted molar refractivity (Wildman–Crippen MR) is 54.6 cm³/mol. The standard InChI is InChI=1S/C8H9N3.C2H6/c1-6-3-8-7(9-4-6)5-10-11(8)2;1-2/h3-5H,1-2H3;1-2H3. The number of aromatic nitrogens is 3. The Kier molecular flexibility index (Phi) is 3.01. The van der Waals surface area contributed by atoms with Gasteiger partial charge in [0.2, 0.25) is 0 Å². The monoisotopic (exact) mass is 177 g/mol. The van der Waals surface area contributed by atoms with Crippen LogP contribution in [0.2, 0.25) is 0 Å². The van der Waals surface area contributed by atoms with E-state index in [9.17, 15) is 0 Å². The van der Waals surface area contributed by atoms with Crippen molar-refractivity contribution in [3.63, 3.8) is 0 Å². The fraction of sp³-hybridized carbons (Fsp3) is 0.400. The van der Waals surface area contributed by atoms with Crippen LogP contribution in [0, 0.1) is 6.92 Å². The summed E-state index contributed by atoms with van der Waals surface area (Å²) in [6.07, 6.45) is 3.62. The van der Waals surface area contributed by atoms with E-state index in [-0.39, 0.29) is 0 Å². The van der Waals surface area contributed by atoms with Crippen LogP contribution in [0.3, 0.4) is 0 Å². The third-order valence-corrected chi connectivity index (χ3v) is 1.74. The van der Waals surface area contributed by atoms with Crippen molar-refractivity contribution in [3.05, 3.63) is 24.0 Å². The zero-order valence-electron chi connectivity index (χ0n) is 8.57. The summed E-state index contributed by atoms with van der Waals surface area (Å²) in [6, 6.07) is 2.08. The minimum absolute atomic E-state index is 0.957. The molecule has 0 aliphatic rings. The molecule has 0 spiro atoms. The maximum Gasteiger partial charge on any atom is 0.108 e. The number of rotatable bonds is 0. The zero-order chi connectivity index (χ0) is 9.84. The van der Waals surface area contributed by atoms with Gasteiger partial charge in [0, 0.05) is 13.2 Å². The normalized spacial score (nSPS) is 9.54. The number of hydrogen-bond donors (Lipinski definition) is 0. The van der Waals surface area contributed by atoms with Crippen LogP contribution in [0.25, 0.3) is 11.0 Å². The topological polar surface area (TPSA) is 30.7 Å². The zero-order valence-corrected chi connectivity index (χ0v) is 8.57. The molecule has 0 aliphatic heterocycles. The van der Waals surface area contributed by atoms with E-state index < -0.39 is 0 Å². The van der Waals surface area contributed by atoms with Crippen molar-refractivity contribution in [2.45, 2.75) is 20.8 Å². The number of hydrogen-bond acceptors (Lipinski definition) is 2. The van der Waals surface area contributed by atoms with Gasteiger partial charge in [-0.15, -0.1) is 0 Å². The second-order valence-electron chi connectivity index (χ2n) is 2.69. The molecule has 0 atom stereocenters. The highest BCUT2D eigenvalue weighted by Gasteiger charge is 1.98. The van der Waals surface area contributed by atoms with Gasteiger partial charge in [0.1, 0.15) is 5.52 Å². The SMILES string of the molecule is CC.Cc1cnc2cnn(C)c2c1. The van der Waals surface area contributed by atoms with Crippen LogP contribution < -0.4 is 0 Å². The summed E-state index contributed by atoms with van der Waals surface area (Å²) in [5.41, 5.74) is 3.21. The van der Waals surface area contributed by atoms with Gasteiger partial charge in [-0.25, -0.2) is 0 Å². The molecule has 2 aromatic heterocycles. The van der Waals surface area contributed by atoms with Gasteiger partial charge in [-0.1, -0.05) is 13.8 Å². The quantitative estimate of drug-likeness (QED) is 0.618. The number of fused-ring (bicyclic) bond motifs is 1. The molecule has 70 valence electrons. The Morgan fingerprint density at radius 1 is 1.23 bits per heavy atom. The molecule has 0 saturated heterocycles. The Balaban J connectivity index is 0.000000396. The fourth-order valence-electron chi connectivity index (χ4n) is 1.13. The van der Waals surface area contributed by atoms with Gasteiger partial charge in [0.15, 0.2) is 0 Å². The highest BCUT2D eigenvalue weighted by molar-refractivity contribution is 5.74. The van der Waals surface area contributed by atoms with Crippen LogP contribution in [0.15, 0.2) is 18.5 Å². The van der Waals surface area contributed by atoms with Crippen molar-refractivity contribution in [1.82, 2.24) is 14.8 Å². The second kappa shape index (κ2) is 4.03. The summed E-state index contributed by atoms with van der Waals surface area (Å²) in [7, 11) is 1.92. The third kappa shape index (κ3) is 1.86. The Morgan fingerprint density at radius 3 is 2.62 bits per heavy atom. The first kappa shape index (κ1) is 9.71. The average Bonchev–Trinajstić information content (AvgIpc) is 2.52.